The first-order valence-electron chi connectivity index (χ1n) is 6.61. The normalized spacial score (nSPS) is 29.5. The maximum atomic E-state index is 12.1. The van der Waals surface area contributed by atoms with Crippen LogP contribution in [-0.4, -0.2) is 42.9 Å². The van der Waals surface area contributed by atoms with Gasteiger partial charge in [0.05, 0.1) is 5.92 Å². The van der Waals surface area contributed by atoms with E-state index in [4.69, 9.17) is 5.73 Å². The van der Waals surface area contributed by atoms with Gasteiger partial charge in [-0.05, 0) is 25.7 Å². The topological polar surface area (TPSA) is 75.4 Å². The third kappa shape index (κ3) is 3.45. The lowest BCUT2D eigenvalue weighted by Crippen LogP contribution is -2.52. The van der Waals surface area contributed by atoms with Crippen LogP contribution in [0.2, 0.25) is 0 Å². The molecule has 0 radical (unpaired) electrons. The summed E-state index contributed by atoms with van der Waals surface area (Å²) in [7, 11) is 3.36. The molecule has 1 aliphatic carbocycles. The lowest BCUT2D eigenvalue weighted by molar-refractivity contribution is -0.136. The van der Waals surface area contributed by atoms with E-state index >= 15 is 0 Å². The lowest BCUT2D eigenvalue weighted by Gasteiger charge is -2.33. The largest absolute Gasteiger partial charge is 0.347 e. The maximum absolute atomic E-state index is 12.1. The van der Waals surface area contributed by atoms with Crippen LogP contribution in [0.4, 0.5) is 0 Å². The van der Waals surface area contributed by atoms with E-state index in [1.807, 2.05) is 0 Å². The Hall–Kier alpha value is -1.10. The molecule has 4 atom stereocenters. The quantitative estimate of drug-likeness (QED) is 0.763. The minimum Gasteiger partial charge on any atom is -0.347 e. The zero-order valence-electron chi connectivity index (χ0n) is 11.8. The Morgan fingerprint density at radius 1 is 1.33 bits per heavy atom. The average molecular weight is 255 g/mol. The first-order valence-corrected chi connectivity index (χ1v) is 6.61. The molecule has 0 spiro atoms. The SMILES string of the molecule is CC(NC(=O)C1CCCC(C)C1N)C(=O)N(C)C. The van der Waals surface area contributed by atoms with Gasteiger partial charge in [0.2, 0.25) is 11.8 Å². The number of carbonyl (C=O) groups excluding carboxylic acids is 2. The van der Waals surface area contributed by atoms with Crippen molar-refractivity contribution in [2.75, 3.05) is 14.1 Å². The number of likely N-dealkylation sites (N-methyl/N-ethyl adjacent to an activating group) is 1. The summed E-state index contributed by atoms with van der Waals surface area (Å²) < 4.78 is 0. The molecule has 5 nitrogen and oxygen atoms in total. The summed E-state index contributed by atoms with van der Waals surface area (Å²) in [6.07, 6.45) is 2.93. The number of nitrogens with one attached hydrogen (secondary N) is 1. The van der Waals surface area contributed by atoms with Gasteiger partial charge in [0, 0.05) is 20.1 Å². The summed E-state index contributed by atoms with van der Waals surface area (Å²) in [6, 6.07) is -0.586. The molecule has 1 rings (SSSR count). The average Bonchev–Trinajstić information content (AvgIpc) is 2.31. The van der Waals surface area contributed by atoms with E-state index < -0.39 is 6.04 Å². The van der Waals surface area contributed by atoms with Gasteiger partial charge in [-0.25, -0.2) is 0 Å². The molecule has 0 heterocycles. The second-order valence-corrected chi connectivity index (χ2v) is 5.55. The zero-order chi connectivity index (χ0) is 13.9. The summed E-state index contributed by atoms with van der Waals surface area (Å²) in [5.74, 6) is 0.0260. The van der Waals surface area contributed by atoms with Gasteiger partial charge in [-0.1, -0.05) is 13.3 Å². The van der Waals surface area contributed by atoms with E-state index in [0.29, 0.717) is 5.92 Å². The van der Waals surface area contributed by atoms with Gasteiger partial charge in [0.1, 0.15) is 6.04 Å². The summed E-state index contributed by atoms with van der Waals surface area (Å²) in [6.45, 7) is 3.79. The van der Waals surface area contributed by atoms with Crippen LogP contribution in [-0.2, 0) is 9.59 Å². The van der Waals surface area contributed by atoms with Crippen molar-refractivity contribution in [3.05, 3.63) is 0 Å². The molecule has 0 saturated heterocycles. The molecule has 2 amide bonds. The van der Waals surface area contributed by atoms with Crippen molar-refractivity contribution in [1.82, 2.24) is 10.2 Å². The highest BCUT2D eigenvalue weighted by molar-refractivity contribution is 5.88. The number of carbonyl (C=O) groups is 2. The highest BCUT2D eigenvalue weighted by Crippen LogP contribution is 2.27. The van der Waals surface area contributed by atoms with Gasteiger partial charge in [0.15, 0.2) is 0 Å². The number of amides is 2. The van der Waals surface area contributed by atoms with Crippen LogP contribution in [0.1, 0.15) is 33.1 Å². The highest BCUT2D eigenvalue weighted by Gasteiger charge is 2.33. The molecule has 0 aromatic rings. The Balaban J connectivity index is 2.57. The molecule has 1 saturated carbocycles. The Morgan fingerprint density at radius 2 is 1.94 bits per heavy atom. The van der Waals surface area contributed by atoms with E-state index in [1.54, 1.807) is 21.0 Å². The van der Waals surface area contributed by atoms with Crippen LogP contribution in [0.25, 0.3) is 0 Å². The third-order valence-corrected chi connectivity index (χ3v) is 3.80. The second-order valence-electron chi connectivity index (χ2n) is 5.55. The molecule has 0 aliphatic heterocycles. The fourth-order valence-corrected chi connectivity index (χ4v) is 2.52. The predicted molar refractivity (Wildman–Crippen MR) is 70.8 cm³/mol. The van der Waals surface area contributed by atoms with E-state index in [1.165, 1.54) is 4.90 Å². The van der Waals surface area contributed by atoms with Crippen LogP contribution in [0.5, 0.6) is 0 Å². The molecule has 5 heteroatoms. The van der Waals surface area contributed by atoms with E-state index in [0.717, 1.165) is 19.3 Å². The monoisotopic (exact) mass is 255 g/mol. The minimum absolute atomic E-state index is 0.0863. The first kappa shape index (κ1) is 15.0. The van der Waals surface area contributed by atoms with E-state index in [9.17, 15) is 9.59 Å². The van der Waals surface area contributed by atoms with Crippen molar-refractivity contribution in [2.45, 2.75) is 45.2 Å². The summed E-state index contributed by atoms with van der Waals surface area (Å²) >= 11 is 0. The van der Waals surface area contributed by atoms with Crippen molar-refractivity contribution < 1.29 is 9.59 Å². The standard InChI is InChI=1S/C13H25N3O2/c1-8-6-5-7-10(11(8)14)12(17)15-9(2)13(18)16(3)4/h8-11H,5-7,14H2,1-4H3,(H,15,17). The molecular weight excluding hydrogens is 230 g/mol. The number of nitrogens with zero attached hydrogens (tertiary/aromatic N) is 1. The van der Waals surface area contributed by atoms with Crippen LogP contribution >= 0.6 is 0 Å². The van der Waals surface area contributed by atoms with E-state index in [2.05, 4.69) is 12.2 Å². The summed E-state index contributed by atoms with van der Waals surface area (Å²) in [5.41, 5.74) is 6.08. The van der Waals surface area contributed by atoms with Crippen molar-refractivity contribution >= 4 is 11.8 Å². The predicted octanol–water partition coefficient (Wildman–Crippen LogP) is 0.343. The molecule has 3 N–H and O–H groups in total. The minimum atomic E-state index is -0.489. The molecule has 1 aliphatic rings. The molecule has 0 aromatic heterocycles. The fourth-order valence-electron chi connectivity index (χ4n) is 2.52. The van der Waals surface area contributed by atoms with Gasteiger partial charge < -0.3 is 16.0 Å². The molecule has 18 heavy (non-hydrogen) atoms. The summed E-state index contributed by atoms with van der Waals surface area (Å²) in [4.78, 5) is 25.3. The maximum Gasteiger partial charge on any atom is 0.244 e. The highest BCUT2D eigenvalue weighted by atomic mass is 16.2. The molecule has 104 valence electrons. The Kier molecular flexibility index (Phi) is 5.14. The fraction of sp³-hybridized carbons (Fsp3) is 0.846. The van der Waals surface area contributed by atoms with Crippen LogP contribution < -0.4 is 11.1 Å². The zero-order valence-corrected chi connectivity index (χ0v) is 11.8. The van der Waals surface area contributed by atoms with Crippen LogP contribution in [0, 0.1) is 11.8 Å². The number of hydrogen-bond donors (Lipinski definition) is 2. The van der Waals surface area contributed by atoms with Crippen molar-refractivity contribution in [2.24, 2.45) is 17.6 Å². The van der Waals surface area contributed by atoms with E-state index in [-0.39, 0.29) is 23.8 Å². The first-order chi connectivity index (χ1) is 8.34. The van der Waals surface area contributed by atoms with Gasteiger partial charge in [-0.15, -0.1) is 0 Å². The van der Waals surface area contributed by atoms with Crippen LogP contribution in [0.15, 0.2) is 0 Å². The van der Waals surface area contributed by atoms with Gasteiger partial charge >= 0.3 is 0 Å². The second kappa shape index (κ2) is 6.18. The van der Waals surface area contributed by atoms with Crippen molar-refractivity contribution in [3.63, 3.8) is 0 Å². The third-order valence-electron chi connectivity index (χ3n) is 3.80. The van der Waals surface area contributed by atoms with Crippen LogP contribution in [0.3, 0.4) is 0 Å². The number of hydrogen-bond acceptors (Lipinski definition) is 3. The number of nitrogens with two attached hydrogens (primary N) is 1. The Bertz CT molecular complexity index is 317. The van der Waals surface area contributed by atoms with Gasteiger partial charge in [0.25, 0.3) is 0 Å². The summed E-state index contributed by atoms with van der Waals surface area (Å²) in [5, 5.41) is 2.77. The molecule has 0 aromatic carbocycles. The van der Waals surface area contributed by atoms with Gasteiger partial charge in [-0.2, -0.15) is 0 Å². The lowest BCUT2D eigenvalue weighted by atomic mass is 9.78. The molecule has 0 bridgehead atoms. The smallest absolute Gasteiger partial charge is 0.244 e. The van der Waals surface area contributed by atoms with Crippen molar-refractivity contribution in [3.8, 4) is 0 Å². The Labute approximate surface area is 109 Å². The van der Waals surface area contributed by atoms with Crippen molar-refractivity contribution in [1.29, 1.82) is 0 Å². The van der Waals surface area contributed by atoms with Gasteiger partial charge in [-0.3, -0.25) is 9.59 Å². The molecule has 1 fully saturated rings. The number of rotatable bonds is 3. The molecule has 4 unspecified atom stereocenters. The Morgan fingerprint density at radius 3 is 2.50 bits per heavy atom. The molecular formula is C13H25N3O2.